The SMILES string of the molecule is CCCOc1ccc(/C(O)=C2/C(=O)C(=O)N(c3ccc(C(F)(F)F)cc3)C2c2cccc(C)c2)cc1C. The lowest BCUT2D eigenvalue weighted by Gasteiger charge is -2.26. The molecule has 192 valence electrons. The van der Waals surface area contributed by atoms with E-state index < -0.39 is 29.5 Å². The van der Waals surface area contributed by atoms with Crippen LogP contribution in [0.15, 0.2) is 72.3 Å². The molecule has 1 atom stereocenters. The Bertz CT molecular complexity index is 1380. The molecular formula is C29H26F3NO4. The first kappa shape index (κ1) is 26.0. The van der Waals surface area contributed by atoms with Gasteiger partial charge in [-0.25, -0.2) is 0 Å². The largest absolute Gasteiger partial charge is 0.507 e. The summed E-state index contributed by atoms with van der Waals surface area (Å²) in [5.74, 6) is -1.59. The molecule has 1 amide bonds. The van der Waals surface area contributed by atoms with Crippen molar-refractivity contribution in [2.24, 2.45) is 0 Å². The van der Waals surface area contributed by atoms with Crippen LogP contribution in [0.3, 0.4) is 0 Å². The second-order valence-electron chi connectivity index (χ2n) is 8.96. The quantitative estimate of drug-likeness (QED) is 0.227. The molecule has 0 spiro atoms. The minimum Gasteiger partial charge on any atom is -0.507 e. The zero-order valence-electron chi connectivity index (χ0n) is 20.6. The molecule has 37 heavy (non-hydrogen) atoms. The number of benzene rings is 3. The Hall–Kier alpha value is -4.07. The fourth-order valence-corrected chi connectivity index (χ4v) is 4.39. The number of alkyl halides is 3. The molecule has 1 fully saturated rings. The zero-order valence-corrected chi connectivity index (χ0v) is 20.6. The molecule has 1 aliphatic heterocycles. The molecule has 1 unspecified atom stereocenters. The van der Waals surface area contributed by atoms with E-state index in [4.69, 9.17) is 4.74 Å². The van der Waals surface area contributed by atoms with Crippen LogP contribution in [0.25, 0.3) is 5.76 Å². The molecule has 0 radical (unpaired) electrons. The summed E-state index contributed by atoms with van der Waals surface area (Å²) in [5.41, 5.74) is 1.55. The number of ketones is 1. The van der Waals surface area contributed by atoms with Crippen molar-refractivity contribution < 1.29 is 32.6 Å². The first-order chi connectivity index (χ1) is 17.5. The Balaban J connectivity index is 1.86. The first-order valence-electron chi connectivity index (χ1n) is 11.8. The van der Waals surface area contributed by atoms with Crippen molar-refractivity contribution in [3.05, 3.63) is 100 Å². The van der Waals surface area contributed by atoms with Crippen molar-refractivity contribution >= 4 is 23.1 Å². The number of anilines is 1. The van der Waals surface area contributed by atoms with Gasteiger partial charge in [0.25, 0.3) is 11.7 Å². The first-order valence-corrected chi connectivity index (χ1v) is 11.8. The predicted octanol–water partition coefficient (Wildman–Crippen LogP) is 6.74. The highest BCUT2D eigenvalue weighted by molar-refractivity contribution is 6.51. The van der Waals surface area contributed by atoms with Gasteiger partial charge >= 0.3 is 6.18 Å². The maximum absolute atomic E-state index is 13.3. The van der Waals surface area contributed by atoms with E-state index in [0.29, 0.717) is 23.5 Å². The molecule has 8 heteroatoms. The number of amides is 1. The molecule has 0 bridgehead atoms. The maximum atomic E-state index is 13.3. The monoisotopic (exact) mass is 509 g/mol. The van der Waals surface area contributed by atoms with Crippen LogP contribution in [0.2, 0.25) is 0 Å². The van der Waals surface area contributed by atoms with Gasteiger partial charge in [0, 0.05) is 11.3 Å². The molecule has 1 aliphatic rings. The molecule has 0 aromatic heterocycles. The number of Topliss-reactive ketones (excluding diaryl/α,β-unsaturated/α-hetero) is 1. The van der Waals surface area contributed by atoms with Gasteiger partial charge in [-0.3, -0.25) is 14.5 Å². The van der Waals surface area contributed by atoms with Gasteiger partial charge < -0.3 is 9.84 Å². The number of nitrogens with zero attached hydrogens (tertiary/aromatic N) is 1. The van der Waals surface area contributed by atoms with E-state index in [1.807, 2.05) is 19.9 Å². The Morgan fingerprint density at radius 1 is 1.00 bits per heavy atom. The Morgan fingerprint density at radius 2 is 1.70 bits per heavy atom. The average molecular weight is 510 g/mol. The molecule has 3 aromatic rings. The van der Waals surface area contributed by atoms with Crippen molar-refractivity contribution in [3.63, 3.8) is 0 Å². The second-order valence-corrected chi connectivity index (χ2v) is 8.96. The topological polar surface area (TPSA) is 66.8 Å². The van der Waals surface area contributed by atoms with Crippen LogP contribution < -0.4 is 9.64 Å². The van der Waals surface area contributed by atoms with E-state index in [9.17, 15) is 27.9 Å². The lowest BCUT2D eigenvalue weighted by Crippen LogP contribution is -2.29. The third kappa shape index (κ3) is 5.09. The van der Waals surface area contributed by atoms with Gasteiger partial charge in [0.2, 0.25) is 0 Å². The number of halogens is 3. The van der Waals surface area contributed by atoms with Crippen molar-refractivity contribution in [2.45, 2.75) is 39.4 Å². The summed E-state index contributed by atoms with van der Waals surface area (Å²) in [6.45, 7) is 6.15. The van der Waals surface area contributed by atoms with Crippen LogP contribution in [-0.4, -0.2) is 23.4 Å². The van der Waals surface area contributed by atoms with Crippen molar-refractivity contribution in [3.8, 4) is 5.75 Å². The lowest BCUT2D eigenvalue weighted by atomic mass is 9.93. The fraction of sp³-hybridized carbons (Fsp3) is 0.241. The Morgan fingerprint density at radius 3 is 2.30 bits per heavy atom. The molecule has 5 nitrogen and oxygen atoms in total. The Labute approximate surface area is 212 Å². The maximum Gasteiger partial charge on any atom is 0.416 e. The molecule has 4 rings (SSSR count). The summed E-state index contributed by atoms with van der Waals surface area (Å²) >= 11 is 0. The van der Waals surface area contributed by atoms with Gasteiger partial charge in [-0.05, 0) is 73.9 Å². The van der Waals surface area contributed by atoms with Crippen LogP contribution in [0.4, 0.5) is 18.9 Å². The smallest absolute Gasteiger partial charge is 0.416 e. The third-order valence-corrected chi connectivity index (χ3v) is 6.19. The lowest BCUT2D eigenvalue weighted by molar-refractivity contribution is -0.137. The number of carbonyl (C=O) groups excluding carboxylic acids is 2. The highest BCUT2D eigenvalue weighted by Gasteiger charge is 2.47. The summed E-state index contributed by atoms with van der Waals surface area (Å²) in [5, 5.41) is 11.3. The minimum atomic E-state index is -4.55. The van der Waals surface area contributed by atoms with E-state index in [1.54, 1.807) is 43.3 Å². The fourth-order valence-electron chi connectivity index (χ4n) is 4.39. The highest BCUT2D eigenvalue weighted by Crippen LogP contribution is 2.43. The third-order valence-electron chi connectivity index (χ3n) is 6.19. The molecule has 1 heterocycles. The van der Waals surface area contributed by atoms with E-state index in [2.05, 4.69) is 0 Å². The van der Waals surface area contributed by atoms with Crippen LogP contribution in [-0.2, 0) is 15.8 Å². The van der Waals surface area contributed by atoms with Crippen LogP contribution in [0.1, 0.15) is 47.2 Å². The summed E-state index contributed by atoms with van der Waals surface area (Å²) < 4.78 is 45.1. The number of aliphatic hydroxyl groups is 1. The molecular weight excluding hydrogens is 483 g/mol. The number of hydrogen-bond acceptors (Lipinski definition) is 4. The van der Waals surface area contributed by atoms with E-state index in [0.717, 1.165) is 46.7 Å². The number of rotatable bonds is 6. The molecule has 1 N–H and O–H groups in total. The van der Waals surface area contributed by atoms with Crippen molar-refractivity contribution in [1.82, 2.24) is 0 Å². The second kappa shape index (κ2) is 10.1. The van der Waals surface area contributed by atoms with Crippen LogP contribution in [0.5, 0.6) is 5.75 Å². The van der Waals surface area contributed by atoms with Gasteiger partial charge in [-0.1, -0.05) is 36.8 Å². The van der Waals surface area contributed by atoms with Crippen molar-refractivity contribution in [1.29, 1.82) is 0 Å². The van der Waals surface area contributed by atoms with E-state index in [-0.39, 0.29) is 17.0 Å². The number of aryl methyl sites for hydroxylation is 2. The van der Waals surface area contributed by atoms with E-state index in [1.165, 1.54) is 0 Å². The molecule has 3 aromatic carbocycles. The standard InChI is InChI=1S/C29H26F3NO4/c1-4-14-37-23-13-8-20(16-18(23)3)26(34)24-25(19-7-5-6-17(2)15-19)33(28(36)27(24)35)22-11-9-21(10-12-22)29(30,31)32/h5-13,15-16,25,34H,4,14H2,1-3H3/b26-24-. The molecule has 0 aliphatic carbocycles. The number of aliphatic hydroxyl groups excluding tert-OH is 1. The van der Waals surface area contributed by atoms with Crippen molar-refractivity contribution in [2.75, 3.05) is 11.5 Å². The summed E-state index contributed by atoms with van der Waals surface area (Å²) in [7, 11) is 0. The van der Waals surface area contributed by atoms with Gasteiger partial charge in [0.15, 0.2) is 0 Å². The summed E-state index contributed by atoms with van der Waals surface area (Å²) in [4.78, 5) is 27.6. The minimum absolute atomic E-state index is 0.111. The van der Waals surface area contributed by atoms with Crippen LogP contribution >= 0.6 is 0 Å². The van der Waals surface area contributed by atoms with Gasteiger partial charge in [-0.2, -0.15) is 13.2 Å². The van der Waals surface area contributed by atoms with Gasteiger partial charge in [-0.15, -0.1) is 0 Å². The normalized spacial score (nSPS) is 17.4. The predicted molar refractivity (Wildman–Crippen MR) is 134 cm³/mol. The average Bonchev–Trinajstić information content (AvgIpc) is 3.12. The van der Waals surface area contributed by atoms with Gasteiger partial charge in [0.05, 0.1) is 23.8 Å². The zero-order chi connectivity index (χ0) is 26.9. The number of hydrogen-bond donors (Lipinski definition) is 1. The van der Waals surface area contributed by atoms with Gasteiger partial charge in [0.1, 0.15) is 11.5 Å². The highest BCUT2D eigenvalue weighted by atomic mass is 19.4. The molecule has 0 saturated carbocycles. The Kier molecular flexibility index (Phi) is 7.12. The van der Waals surface area contributed by atoms with E-state index >= 15 is 0 Å². The number of ether oxygens (including phenoxy) is 1. The van der Waals surface area contributed by atoms with Crippen LogP contribution in [0, 0.1) is 13.8 Å². The summed E-state index contributed by atoms with van der Waals surface area (Å²) in [6, 6.07) is 15.0. The summed E-state index contributed by atoms with van der Waals surface area (Å²) in [6.07, 6.45) is -3.72. The number of carbonyl (C=O) groups is 2. The molecule has 1 saturated heterocycles.